The van der Waals surface area contributed by atoms with Crippen molar-refractivity contribution in [3.63, 3.8) is 0 Å². The predicted molar refractivity (Wildman–Crippen MR) is 84.5 cm³/mol. The van der Waals surface area contributed by atoms with E-state index in [0.717, 1.165) is 22.7 Å². The minimum absolute atomic E-state index is 0.335. The fraction of sp³-hybridized carbons (Fsp3) is 0.615. The van der Waals surface area contributed by atoms with Crippen molar-refractivity contribution in [1.82, 2.24) is 0 Å². The summed E-state index contributed by atoms with van der Waals surface area (Å²) in [7, 11) is 0. The van der Waals surface area contributed by atoms with Gasteiger partial charge in [-0.15, -0.1) is 23.1 Å². The Morgan fingerprint density at radius 3 is 2.53 bits per heavy atom. The van der Waals surface area contributed by atoms with Crippen molar-refractivity contribution in [2.45, 2.75) is 44.6 Å². The molecule has 0 amide bonds. The van der Waals surface area contributed by atoms with Gasteiger partial charge in [0.15, 0.2) is 0 Å². The molecule has 1 rings (SSSR count). The number of thioether (sulfide) groups is 1. The predicted octanol–water partition coefficient (Wildman–Crippen LogP) is 3.83. The fourth-order valence-electron chi connectivity index (χ4n) is 1.75. The monoisotopic (exact) mass is 302 g/mol. The van der Waals surface area contributed by atoms with Gasteiger partial charge in [-0.05, 0) is 26.0 Å². The first-order valence-electron chi connectivity index (χ1n) is 6.48. The number of nitrogens with two attached hydrogens (primary N) is 1. The van der Waals surface area contributed by atoms with Gasteiger partial charge in [0.25, 0.3) is 0 Å². The van der Waals surface area contributed by atoms with Crippen molar-refractivity contribution in [1.29, 1.82) is 0 Å². The summed E-state index contributed by atoms with van der Waals surface area (Å²) in [5.74, 6) is -0.335. The van der Waals surface area contributed by atoms with Crippen LogP contribution in [0.4, 0.5) is 10.7 Å². The maximum absolute atomic E-state index is 11.8. The number of esters is 1. The molecule has 3 N–H and O–H groups in total. The van der Waals surface area contributed by atoms with Gasteiger partial charge >= 0.3 is 5.97 Å². The SMILES string of the molecule is CCOC(=O)c1sc(NC(CC)CC)c(SC)c1N. The van der Waals surface area contributed by atoms with Gasteiger partial charge in [0.1, 0.15) is 9.88 Å². The van der Waals surface area contributed by atoms with Crippen LogP contribution in [0.25, 0.3) is 0 Å². The van der Waals surface area contributed by atoms with Crippen molar-refractivity contribution in [3.8, 4) is 0 Å². The largest absolute Gasteiger partial charge is 0.462 e. The summed E-state index contributed by atoms with van der Waals surface area (Å²) in [5.41, 5.74) is 6.59. The first-order chi connectivity index (χ1) is 9.08. The smallest absolute Gasteiger partial charge is 0.350 e. The van der Waals surface area contributed by atoms with Crippen molar-refractivity contribution < 1.29 is 9.53 Å². The van der Waals surface area contributed by atoms with Crippen molar-refractivity contribution in [3.05, 3.63) is 4.88 Å². The Labute approximate surface area is 123 Å². The van der Waals surface area contributed by atoms with Gasteiger partial charge in [-0.25, -0.2) is 4.79 Å². The molecule has 1 aromatic rings. The lowest BCUT2D eigenvalue weighted by atomic mass is 10.2. The fourth-order valence-corrected chi connectivity index (χ4v) is 3.75. The molecule has 0 fully saturated rings. The van der Waals surface area contributed by atoms with Gasteiger partial charge in [-0.2, -0.15) is 0 Å². The Morgan fingerprint density at radius 2 is 2.05 bits per heavy atom. The number of anilines is 2. The number of carbonyl (C=O) groups excluding carboxylic acids is 1. The zero-order valence-electron chi connectivity index (χ0n) is 11.9. The first-order valence-corrected chi connectivity index (χ1v) is 8.52. The third kappa shape index (κ3) is 3.79. The number of nitrogens with one attached hydrogen (secondary N) is 1. The van der Waals surface area contributed by atoms with E-state index in [0.29, 0.717) is 23.2 Å². The van der Waals surface area contributed by atoms with Crippen LogP contribution in [-0.2, 0) is 4.74 Å². The molecule has 0 aliphatic carbocycles. The lowest BCUT2D eigenvalue weighted by Crippen LogP contribution is -2.16. The van der Waals surface area contributed by atoms with Crippen LogP contribution >= 0.6 is 23.1 Å². The summed E-state index contributed by atoms with van der Waals surface area (Å²) in [4.78, 5) is 13.3. The molecule has 0 aliphatic rings. The van der Waals surface area contributed by atoms with Gasteiger partial charge in [-0.1, -0.05) is 13.8 Å². The number of nitrogen functional groups attached to an aromatic ring is 1. The van der Waals surface area contributed by atoms with Crippen LogP contribution in [0, 0.1) is 0 Å². The molecule has 0 radical (unpaired) electrons. The number of hydrogen-bond acceptors (Lipinski definition) is 6. The van der Waals surface area contributed by atoms with Crippen LogP contribution in [0.5, 0.6) is 0 Å². The van der Waals surface area contributed by atoms with Crippen LogP contribution in [0.15, 0.2) is 4.90 Å². The van der Waals surface area contributed by atoms with Crippen LogP contribution in [0.3, 0.4) is 0 Å². The molecule has 108 valence electrons. The van der Waals surface area contributed by atoms with Crippen LogP contribution in [0.1, 0.15) is 43.3 Å². The molecular weight excluding hydrogens is 280 g/mol. The van der Waals surface area contributed by atoms with Gasteiger partial charge in [0.05, 0.1) is 17.2 Å². The molecule has 0 bridgehead atoms. The van der Waals surface area contributed by atoms with E-state index in [1.165, 1.54) is 11.3 Å². The number of rotatable bonds is 7. The normalized spacial score (nSPS) is 10.8. The average molecular weight is 302 g/mol. The Hall–Kier alpha value is -0.880. The third-order valence-electron chi connectivity index (χ3n) is 2.89. The van der Waals surface area contributed by atoms with Crippen LogP contribution < -0.4 is 11.1 Å². The molecule has 1 aromatic heterocycles. The van der Waals surface area contributed by atoms with E-state index in [9.17, 15) is 4.79 Å². The van der Waals surface area contributed by atoms with E-state index in [1.54, 1.807) is 18.7 Å². The van der Waals surface area contributed by atoms with E-state index in [1.807, 2.05) is 6.26 Å². The third-order valence-corrected chi connectivity index (χ3v) is 4.96. The molecule has 0 aliphatic heterocycles. The minimum atomic E-state index is -0.335. The molecule has 0 saturated carbocycles. The quantitative estimate of drug-likeness (QED) is 0.592. The molecule has 0 atom stereocenters. The van der Waals surface area contributed by atoms with Gasteiger partial charge in [0, 0.05) is 6.04 Å². The molecule has 19 heavy (non-hydrogen) atoms. The van der Waals surface area contributed by atoms with Crippen molar-refractivity contribution in [2.24, 2.45) is 0 Å². The Kier molecular flexibility index (Phi) is 6.51. The van der Waals surface area contributed by atoms with Crippen LogP contribution in [-0.4, -0.2) is 24.9 Å². The lowest BCUT2D eigenvalue weighted by Gasteiger charge is -2.15. The zero-order valence-corrected chi connectivity index (χ0v) is 13.5. The second-order valence-corrected chi connectivity index (χ2v) is 5.92. The summed E-state index contributed by atoms with van der Waals surface area (Å²) in [6.07, 6.45) is 4.04. The minimum Gasteiger partial charge on any atom is -0.462 e. The van der Waals surface area contributed by atoms with E-state index in [2.05, 4.69) is 19.2 Å². The van der Waals surface area contributed by atoms with E-state index >= 15 is 0 Å². The summed E-state index contributed by atoms with van der Waals surface area (Å²) < 4.78 is 5.03. The molecule has 1 heterocycles. The van der Waals surface area contributed by atoms with Crippen molar-refractivity contribution in [2.75, 3.05) is 23.9 Å². The Bertz CT molecular complexity index is 429. The Balaban J connectivity index is 3.04. The van der Waals surface area contributed by atoms with E-state index in [4.69, 9.17) is 10.5 Å². The van der Waals surface area contributed by atoms with Crippen molar-refractivity contribution >= 4 is 39.8 Å². The highest BCUT2D eigenvalue weighted by atomic mass is 32.2. The second-order valence-electron chi connectivity index (χ2n) is 4.09. The molecule has 6 heteroatoms. The van der Waals surface area contributed by atoms with Gasteiger partial charge in [0.2, 0.25) is 0 Å². The van der Waals surface area contributed by atoms with Gasteiger partial charge in [-0.3, -0.25) is 0 Å². The number of thiophene rings is 1. The highest BCUT2D eigenvalue weighted by Crippen LogP contribution is 2.42. The number of hydrogen-bond donors (Lipinski definition) is 2. The highest BCUT2D eigenvalue weighted by molar-refractivity contribution is 7.99. The summed E-state index contributed by atoms with van der Waals surface area (Å²) in [5, 5.41) is 4.44. The summed E-state index contributed by atoms with van der Waals surface area (Å²) in [6, 6.07) is 0.402. The summed E-state index contributed by atoms with van der Waals surface area (Å²) in [6.45, 7) is 6.44. The molecule has 0 unspecified atom stereocenters. The van der Waals surface area contributed by atoms with Crippen LogP contribution in [0.2, 0.25) is 0 Å². The van der Waals surface area contributed by atoms with Gasteiger partial charge < -0.3 is 15.8 Å². The average Bonchev–Trinajstić information content (AvgIpc) is 2.72. The topological polar surface area (TPSA) is 64.3 Å². The second kappa shape index (κ2) is 7.65. The maximum atomic E-state index is 11.8. The maximum Gasteiger partial charge on any atom is 0.350 e. The van der Waals surface area contributed by atoms with E-state index in [-0.39, 0.29) is 5.97 Å². The first kappa shape index (κ1) is 16.2. The molecule has 0 saturated heterocycles. The zero-order chi connectivity index (χ0) is 14.4. The number of carbonyl (C=O) groups is 1. The summed E-state index contributed by atoms with van der Waals surface area (Å²) >= 11 is 2.94. The van der Waals surface area contributed by atoms with E-state index < -0.39 is 0 Å². The molecular formula is C13H22N2O2S2. The Morgan fingerprint density at radius 1 is 1.42 bits per heavy atom. The molecule has 0 spiro atoms. The standard InChI is InChI=1S/C13H22N2O2S2/c1-5-8(6-2)15-12-10(18-4)9(14)11(19-12)13(16)17-7-3/h8,15H,5-7,14H2,1-4H3. The lowest BCUT2D eigenvalue weighted by molar-refractivity contribution is 0.0533. The highest BCUT2D eigenvalue weighted by Gasteiger charge is 2.22. The molecule has 0 aromatic carbocycles. The molecule has 4 nitrogen and oxygen atoms in total. The number of ether oxygens (including phenoxy) is 1.